The van der Waals surface area contributed by atoms with Gasteiger partial charge in [-0.05, 0) is 33.6 Å². The molecule has 0 spiro atoms. The lowest BCUT2D eigenvalue weighted by atomic mass is 10.1. The molecular formula is C14H22N2O3. The van der Waals surface area contributed by atoms with Crippen molar-refractivity contribution in [3.05, 3.63) is 12.2 Å². The van der Waals surface area contributed by atoms with Crippen molar-refractivity contribution in [1.29, 1.82) is 0 Å². The van der Waals surface area contributed by atoms with Gasteiger partial charge in [0.05, 0.1) is 0 Å². The summed E-state index contributed by atoms with van der Waals surface area (Å²) in [5.41, 5.74) is -0.0677. The van der Waals surface area contributed by atoms with Crippen LogP contribution in [0.2, 0.25) is 0 Å². The first kappa shape index (κ1) is 15.4. The van der Waals surface area contributed by atoms with E-state index in [1.165, 1.54) is 17.1 Å². The third-order valence-electron chi connectivity index (χ3n) is 3.03. The van der Waals surface area contributed by atoms with Crippen molar-refractivity contribution < 1.29 is 14.4 Å². The van der Waals surface area contributed by atoms with Crippen LogP contribution >= 0.6 is 0 Å². The number of imide groups is 1. The minimum atomic E-state index is -0.132. The van der Waals surface area contributed by atoms with Gasteiger partial charge in [-0.3, -0.25) is 19.3 Å². The highest BCUT2D eigenvalue weighted by Crippen LogP contribution is 2.25. The van der Waals surface area contributed by atoms with Gasteiger partial charge < -0.3 is 5.32 Å². The zero-order valence-electron chi connectivity index (χ0n) is 11.8. The summed E-state index contributed by atoms with van der Waals surface area (Å²) in [6.07, 6.45) is 7.68. The van der Waals surface area contributed by atoms with Gasteiger partial charge in [0.2, 0.25) is 6.41 Å². The number of carbonyl (C=O) groups excluding carboxylic acids is 3. The molecule has 2 aliphatic rings. The molecular weight excluding hydrogens is 244 g/mol. The second-order valence-corrected chi connectivity index (χ2v) is 5.83. The number of amides is 3. The van der Waals surface area contributed by atoms with Gasteiger partial charge in [0, 0.05) is 23.7 Å². The molecule has 1 aliphatic carbocycles. The summed E-state index contributed by atoms with van der Waals surface area (Å²) in [6.45, 7) is 5.80. The molecule has 5 nitrogen and oxygen atoms in total. The molecule has 1 N–H and O–H groups in total. The summed E-state index contributed by atoms with van der Waals surface area (Å²) in [4.78, 5) is 33.5. The summed E-state index contributed by atoms with van der Waals surface area (Å²) >= 11 is 0. The van der Waals surface area contributed by atoms with Crippen LogP contribution in [0.3, 0.4) is 0 Å². The van der Waals surface area contributed by atoms with Crippen LogP contribution in [0.4, 0.5) is 0 Å². The van der Waals surface area contributed by atoms with Crippen LogP contribution < -0.4 is 5.32 Å². The van der Waals surface area contributed by atoms with Crippen LogP contribution in [-0.2, 0) is 14.4 Å². The Labute approximate surface area is 114 Å². The average molecular weight is 266 g/mol. The Balaban J connectivity index is 0.000000224. The number of hydrogen-bond acceptors (Lipinski definition) is 3. The predicted molar refractivity (Wildman–Crippen MR) is 72.2 cm³/mol. The van der Waals surface area contributed by atoms with E-state index in [0.29, 0.717) is 6.41 Å². The first-order chi connectivity index (χ1) is 8.85. The quantitative estimate of drug-likeness (QED) is 0.606. The van der Waals surface area contributed by atoms with Crippen molar-refractivity contribution in [3.63, 3.8) is 0 Å². The van der Waals surface area contributed by atoms with E-state index in [0.717, 1.165) is 25.7 Å². The van der Waals surface area contributed by atoms with Crippen LogP contribution in [-0.4, -0.2) is 34.7 Å². The lowest BCUT2D eigenvalue weighted by molar-refractivity contribution is -0.139. The molecule has 0 radical (unpaired) electrons. The second-order valence-electron chi connectivity index (χ2n) is 5.83. The van der Waals surface area contributed by atoms with E-state index in [4.69, 9.17) is 0 Å². The minimum Gasteiger partial charge on any atom is -0.354 e. The molecule has 0 bridgehead atoms. The van der Waals surface area contributed by atoms with Gasteiger partial charge in [0.15, 0.2) is 0 Å². The van der Waals surface area contributed by atoms with Crippen molar-refractivity contribution in [2.45, 2.75) is 58.0 Å². The maximum absolute atomic E-state index is 11.2. The Bertz CT molecular complexity index is 359. The van der Waals surface area contributed by atoms with E-state index in [2.05, 4.69) is 5.32 Å². The summed E-state index contributed by atoms with van der Waals surface area (Å²) in [6, 6.07) is 0.181. The largest absolute Gasteiger partial charge is 0.354 e. The molecule has 106 valence electrons. The van der Waals surface area contributed by atoms with E-state index in [-0.39, 0.29) is 23.4 Å². The summed E-state index contributed by atoms with van der Waals surface area (Å²) in [7, 11) is 0. The van der Waals surface area contributed by atoms with Gasteiger partial charge in [0.25, 0.3) is 11.8 Å². The van der Waals surface area contributed by atoms with Crippen LogP contribution in [0.15, 0.2) is 12.2 Å². The number of carbonyl (C=O) groups is 3. The lowest BCUT2D eigenvalue weighted by Gasteiger charge is -2.20. The normalized spacial score (nSPS) is 19.4. The maximum atomic E-state index is 11.2. The monoisotopic (exact) mass is 266 g/mol. The molecule has 5 heteroatoms. The van der Waals surface area contributed by atoms with Gasteiger partial charge in [-0.15, -0.1) is 0 Å². The summed E-state index contributed by atoms with van der Waals surface area (Å²) in [5.74, 6) is -0.265. The number of rotatable bonds is 2. The molecule has 2 rings (SSSR count). The SMILES string of the molecule is CC(C)(C)NC=O.O=C1C=CC(=O)N1C1CCCC1. The molecule has 0 aromatic heterocycles. The molecule has 1 heterocycles. The third-order valence-corrected chi connectivity index (χ3v) is 3.03. The zero-order valence-corrected chi connectivity index (χ0v) is 11.8. The van der Waals surface area contributed by atoms with Crippen molar-refractivity contribution in [2.24, 2.45) is 0 Å². The van der Waals surface area contributed by atoms with Crippen LogP contribution in [0.25, 0.3) is 0 Å². The van der Waals surface area contributed by atoms with E-state index >= 15 is 0 Å². The average Bonchev–Trinajstić information content (AvgIpc) is 2.88. The standard InChI is InChI=1S/C9H11NO2.C5H11NO/c11-8-5-6-9(12)10(8)7-3-1-2-4-7;1-5(2,3)6-4-7/h5-7H,1-4H2;4H,1-3H3,(H,6,7). The predicted octanol–water partition coefficient (Wildman–Crippen LogP) is 1.38. The Morgan fingerprint density at radius 2 is 1.63 bits per heavy atom. The zero-order chi connectivity index (χ0) is 14.5. The Hall–Kier alpha value is -1.65. The van der Waals surface area contributed by atoms with Gasteiger partial charge >= 0.3 is 0 Å². The van der Waals surface area contributed by atoms with Crippen molar-refractivity contribution in [2.75, 3.05) is 0 Å². The Kier molecular flexibility index (Phi) is 5.27. The van der Waals surface area contributed by atoms with Gasteiger partial charge in [-0.2, -0.15) is 0 Å². The Morgan fingerprint density at radius 3 is 1.95 bits per heavy atom. The van der Waals surface area contributed by atoms with Gasteiger partial charge in [-0.25, -0.2) is 0 Å². The molecule has 1 fully saturated rings. The van der Waals surface area contributed by atoms with E-state index in [9.17, 15) is 14.4 Å². The van der Waals surface area contributed by atoms with Crippen molar-refractivity contribution in [3.8, 4) is 0 Å². The maximum Gasteiger partial charge on any atom is 0.253 e. The van der Waals surface area contributed by atoms with E-state index in [1.807, 2.05) is 20.8 Å². The number of hydrogen-bond donors (Lipinski definition) is 1. The fourth-order valence-electron chi connectivity index (χ4n) is 2.11. The topological polar surface area (TPSA) is 66.5 Å². The van der Waals surface area contributed by atoms with Gasteiger partial charge in [0.1, 0.15) is 0 Å². The fourth-order valence-corrected chi connectivity index (χ4v) is 2.11. The second kappa shape index (κ2) is 6.50. The lowest BCUT2D eigenvalue weighted by Crippen LogP contribution is -2.38. The van der Waals surface area contributed by atoms with E-state index < -0.39 is 0 Å². The smallest absolute Gasteiger partial charge is 0.253 e. The molecule has 19 heavy (non-hydrogen) atoms. The van der Waals surface area contributed by atoms with Crippen molar-refractivity contribution >= 4 is 18.2 Å². The molecule has 0 aromatic carbocycles. The van der Waals surface area contributed by atoms with Crippen LogP contribution in [0, 0.1) is 0 Å². The van der Waals surface area contributed by atoms with Crippen LogP contribution in [0.5, 0.6) is 0 Å². The molecule has 0 aromatic rings. The Morgan fingerprint density at radius 1 is 1.16 bits per heavy atom. The first-order valence-corrected chi connectivity index (χ1v) is 6.62. The minimum absolute atomic E-state index is 0.0677. The fraction of sp³-hybridized carbons (Fsp3) is 0.643. The summed E-state index contributed by atoms with van der Waals surface area (Å²) < 4.78 is 0. The molecule has 0 atom stereocenters. The highest BCUT2D eigenvalue weighted by Gasteiger charge is 2.32. The van der Waals surface area contributed by atoms with E-state index in [1.54, 1.807) is 0 Å². The number of nitrogens with zero attached hydrogens (tertiary/aromatic N) is 1. The van der Waals surface area contributed by atoms with Crippen molar-refractivity contribution in [1.82, 2.24) is 10.2 Å². The highest BCUT2D eigenvalue weighted by molar-refractivity contribution is 6.13. The molecule has 0 saturated heterocycles. The third kappa shape index (κ3) is 4.85. The highest BCUT2D eigenvalue weighted by atomic mass is 16.2. The summed E-state index contributed by atoms with van der Waals surface area (Å²) in [5, 5.41) is 2.60. The molecule has 3 amide bonds. The molecule has 1 aliphatic heterocycles. The molecule has 1 saturated carbocycles. The first-order valence-electron chi connectivity index (χ1n) is 6.62. The van der Waals surface area contributed by atoms with Gasteiger partial charge in [-0.1, -0.05) is 12.8 Å². The van der Waals surface area contributed by atoms with Crippen LogP contribution in [0.1, 0.15) is 46.5 Å². The number of nitrogens with one attached hydrogen (secondary N) is 1. The molecule has 0 unspecified atom stereocenters.